The minimum Gasteiger partial charge on any atom is -0.454 e. The van der Waals surface area contributed by atoms with Crippen LogP contribution in [0.1, 0.15) is 5.56 Å². The van der Waals surface area contributed by atoms with Crippen LogP contribution in [-0.2, 0) is 0 Å². The molecule has 2 aromatic carbocycles. The Kier molecular flexibility index (Phi) is 5.77. The molecule has 0 saturated heterocycles. The highest BCUT2D eigenvalue weighted by atomic mass is 79.9. The first-order chi connectivity index (χ1) is 14.6. The molecule has 2 heterocycles. The number of nitro groups is 1. The molecule has 0 N–H and O–H groups in total. The van der Waals surface area contributed by atoms with E-state index in [1.807, 2.05) is 29.6 Å². The van der Waals surface area contributed by atoms with E-state index in [2.05, 4.69) is 32.6 Å². The number of ether oxygens (including phenoxy) is 2. The van der Waals surface area contributed by atoms with Gasteiger partial charge in [-0.2, -0.15) is 5.10 Å². The summed E-state index contributed by atoms with van der Waals surface area (Å²) in [5, 5.41) is 18.0. The topological polar surface area (TPSA) is 91.2 Å². The van der Waals surface area contributed by atoms with Crippen LogP contribution in [-0.4, -0.2) is 29.2 Å². The number of hydrogen-bond acceptors (Lipinski definition) is 7. The minimum atomic E-state index is -0.472. The molecule has 1 aliphatic heterocycles. The van der Waals surface area contributed by atoms with Gasteiger partial charge in [0.1, 0.15) is 0 Å². The van der Waals surface area contributed by atoms with Gasteiger partial charge >= 0.3 is 0 Å². The molecule has 30 heavy (non-hydrogen) atoms. The third-order valence-electron chi connectivity index (χ3n) is 4.21. The maximum Gasteiger partial charge on any atom is 0.282 e. The number of aromatic nitrogens is 1. The molecule has 1 aromatic heterocycles. The third kappa shape index (κ3) is 4.05. The predicted molar refractivity (Wildman–Crippen MR) is 118 cm³/mol. The molecule has 0 spiro atoms. The van der Waals surface area contributed by atoms with E-state index in [1.54, 1.807) is 16.8 Å². The molecule has 1 aliphatic rings. The molecule has 0 atom stereocenters. The van der Waals surface area contributed by atoms with Gasteiger partial charge < -0.3 is 9.47 Å². The van der Waals surface area contributed by atoms with Crippen LogP contribution in [0.3, 0.4) is 0 Å². The van der Waals surface area contributed by atoms with E-state index in [0.29, 0.717) is 28.4 Å². The van der Waals surface area contributed by atoms with E-state index in [4.69, 9.17) is 9.47 Å². The second kappa shape index (κ2) is 8.64. The Bertz CT molecular complexity index is 1210. The largest absolute Gasteiger partial charge is 0.454 e. The summed E-state index contributed by atoms with van der Waals surface area (Å²) in [5.41, 5.74) is 1.94. The van der Waals surface area contributed by atoms with Gasteiger partial charge in [-0.3, -0.25) is 15.1 Å². The highest BCUT2D eigenvalue weighted by molar-refractivity contribution is 9.10. The smallest absolute Gasteiger partial charge is 0.282 e. The van der Waals surface area contributed by atoms with Gasteiger partial charge in [-0.15, -0.1) is 17.9 Å². The lowest BCUT2D eigenvalue weighted by Gasteiger charge is -2.04. The quantitative estimate of drug-likeness (QED) is 0.220. The molecule has 0 radical (unpaired) electrons. The lowest BCUT2D eigenvalue weighted by atomic mass is 10.1. The maximum absolute atomic E-state index is 11.5. The van der Waals surface area contributed by atoms with Crippen molar-refractivity contribution in [3.63, 3.8) is 0 Å². The van der Waals surface area contributed by atoms with Gasteiger partial charge in [0, 0.05) is 15.4 Å². The predicted octanol–water partition coefficient (Wildman–Crippen LogP) is 4.58. The normalized spacial score (nSPS) is 13.2. The number of rotatable bonds is 6. The summed E-state index contributed by atoms with van der Waals surface area (Å²) in [4.78, 5) is 16.2. The van der Waals surface area contributed by atoms with Gasteiger partial charge in [-0.1, -0.05) is 34.1 Å². The number of hydrogen-bond donors (Lipinski definition) is 0. The van der Waals surface area contributed by atoms with Crippen molar-refractivity contribution < 1.29 is 14.4 Å². The Labute approximate surface area is 183 Å². The average Bonchev–Trinajstić information content (AvgIpc) is 3.36. The van der Waals surface area contributed by atoms with Crippen LogP contribution in [0.15, 0.2) is 69.0 Å². The Balaban J connectivity index is 1.82. The molecule has 4 rings (SSSR count). The molecule has 3 aromatic rings. The molecule has 0 saturated carbocycles. The fourth-order valence-electron chi connectivity index (χ4n) is 2.81. The first kappa shape index (κ1) is 20.0. The van der Waals surface area contributed by atoms with Crippen LogP contribution in [0.25, 0.3) is 11.3 Å². The van der Waals surface area contributed by atoms with Crippen molar-refractivity contribution in [1.29, 1.82) is 0 Å². The Hall–Kier alpha value is -3.24. The van der Waals surface area contributed by atoms with E-state index < -0.39 is 4.92 Å². The van der Waals surface area contributed by atoms with Crippen LogP contribution < -0.4 is 14.3 Å². The molecule has 0 fully saturated rings. The van der Waals surface area contributed by atoms with Gasteiger partial charge in [-0.05, 0) is 18.2 Å². The minimum absolute atomic E-state index is 0.0324. The standard InChI is InChI=1S/C20H15BrN4O4S/c1-2-7-22-20-24(17(11-30-20)13-3-5-15(21)6-4-13)23-10-14-8-18-19(29-12-28-18)9-16(14)25(26)27/h2-6,8-11H,1,7,12H2. The second-order valence-electron chi connectivity index (χ2n) is 6.12. The molecular formula is C20H15BrN4O4S. The van der Waals surface area contributed by atoms with Gasteiger partial charge in [-0.25, -0.2) is 4.68 Å². The zero-order valence-electron chi connectivity index (χ0n) is 15.5. The van der Waals surface area contributed by atoms with Gasteiger partial charge in [0.05, 0.1) is 35.0 Å². The fourth-order valence-corrected chi connectivity index (χ4v) is 3.92. The van der Waals surface area contributed by atoms with Crippen molar-refractivity contribution in [2.45, 2.75) is 0 Å². The van der Waals surface area contributed by atoms with Crippen molar-refractivity contribution in [1.82, 2.24) is 4.68 Å². The first-order valence-electron chi connectivity index (χ1n) is 8.77. The van der Waals surface area contributed by atoms with E-state index in [9.17, 15) is 10.1 Å². The highest BCUT2D eigenvalue weighted by Crippen LogP contribution is 2.37. The number of fused-ring (bicyclic) bond motifs is 1. The van der Waals surface area contributed by atoms with Crippen molar-refractivity contribution >= 4 is 39.2 Å². The Morgan fingerprint density at radius 3 is 2.70 bits per heavy atom. The zero-order valence-corrected chi connectivity index (χ0v) is 17.9. The van der Waals surface area contributed by atoms with Crippen molar-refractivity contribution in [2.75, 3.05) is 13.3 Å². The lowest BCUT2D eigenvalue weighted by Crippen LogP contribution is -2.12. The van der Waals surface area contributed by atoms with Crippen LogP contribution >= 0.6 is 27.3 Å². The highest BCUT2D eigenvalue weighted by Gasteiger charge is 2.22. The fraction of sp³-hybridized carbons (Fsp3) is 0.100. The van der Waals surface area contributed by atoms with Crippen LogP contribution in [0.5, 0.6) is 11.5 Å². The van der Waals surface area contributed by atoms with Crippen LogP contribution in [0.2, 0.25) is 0 Å². The maximum atomic E-state index is 11.5. The van der Waals surface area contributed by atoms with Crippen molar-refractivity contribution in [3.05, 3.63) is 79.4 Å². The van der Waals surface area contributed by atoms with E-state index >= 15 is 0 Å². The summed E-state index contributed by atoms with van der Waals surface area (Å²) >= 11 is 4.86. The summed E-state index contributed by atoms with van der Waals surface area (Å²) < 4.78 is 13.2. The van der Waals surface area contributed by atoms with Crippen LogP contribution in [0.4, 0.5) is 5.69 Å². The molecule has 0 amide bonds. The zero-order chi connectivity index (χ0) is 21.1. The summed E-state index contributed by atoms with van der Waals surface area (Å²) in [5.74, 6) is 0.793. The first-order valence-corrected chi connectivity index (χ1v) is 10.4. The summed E-state index contributed by atoms with van der Waals surface area (Å²) in [6, 6.07) is 10.7. The number of thiazole rings is 1. The molecule has 0 aliphatic carbocycles. The Morgan fingerprint density at radius 2 is 2.00 bits per heavy atom. The SMILES string of the molecule is C=CCN=c1scc(-c2ccc(Br)cc2)n1N=Cc1cc2c(cc1[N+](=O)[O-])OCO2. The number of nitrogens with zero attached hydrogens (tertiary/aromatic N) is 4. The molecule has 8 nitrogen and oxygen atoms in total. The van der Waals surface area contributed by atoms with E-state index in [-0.39, 0.29) is 12.5 Å². The second-order valence-corrected chi connectivity index (χ2v) is 7.87. The molecule has 152 valence electrons. The summed E-state index contributed by atoms with van der Waals surface area (Å²) in [7, 11) is 0. The van der Waals surface area contributed by atoms with Gasteiger partial charge in [0.2, 0.25) is 11.6 Å². The van der Waals surface area contributed by atoms with Gasteiger partial charge in [0.15, 0.2) is 11.5 Å². The summed E-state index contributed by atoms with van der Waals surface area (Å²) in [6.07, 6.45) is 3.12. The molecule has 0 bridgehead atoms. The van der Waals surface area contributed by atoms with Crippen LogP contribution in [0, 0.1) is 10.1 Å². The van der Waals surface area contributed by atoms with E-state index in [0.717, 1.165) is 15.7 Å². The number of nitro benzene ring substituents is 1. The number of halogens is 1. The van der Waals surface area contributed by atoms with E-state index in [1.165, 1.54) is 23.6 Å². The van der Waals surface area contributed by atoms with Crippen molar-refractivity contribution in [2.24, 2.45) is 10.1 Å². The lowest BCUT2D eigenvalue weighted by molar-refractivity contribution is -0.385. The molecular weight excluding hydrogens is 472 g/mol. The average molecular weight is 487 g/mol. The monoisotopic (exact) mass is 486 g/mol. The number of benzene rings is 2. The molecule has 0 unspecified atom stereocenters. The molecule has 10 heteroatoms. The third-order valence-corrected chi connectivity index (χ3v) is 5.59. The van der Waals surface area contributed by atoms with Crippen molar-refractivity contribution in [3.8, 4) is 22.8 Å². The Morgan fingerprint density at radius 1 is 1.27 bits per heavy atom. The summed E-state index contributed by atoms with van der Waals surface area (Å²) in [6.45, 7) is 4.16. The van der Waals surface area contributed by atoms with Gasteiger partial charge in [0.25, 0.3) is 5.69 Å².